The van der Waals surface area contributed by atoms with Crippen LogP contribution in [0.1, 0.15) is 10.5 Å². The number of hydrogen-bond donors (Lipinski definition) is 2. The van der Waals surface area contributed by atoms with Crippen molar-refractivity contribution in [3.8, 4) is 11.5 Å². The molecule has 2 aliphatic rings. The first kappa shape index (κ1) is 17.0. The highest BCUT2D eigenvalue weighted by Crippen LogP contribution is 2.27. The number of aromatic nitrogens is 3. The highest BCUT2D eigenvalue weighted by atomic mass is 35.5. The van der Waals surface area contributed by atoms with Crippen molar-refractivity contribution in [2.24, 2.45) is 11.8 Å². The maximum absolute atomic E-state index is 12.8. The first-order chi connectivity index (χ1) is 12.3. The molecule has 2 N–H and O–H groups in total. The first-order valence-electron chi connectivity index (χ1n) is 8.70. The van der Waals surface area contributed by atoms with Crippen LogP contribution in [-0.4, -0.2) is 51.9 Å². The molecule has 0 spiro atoms. The minimum Gasteiger partial charge on any atom is -0.337 e. The average molecular weight is 370 g/mol. The Morgan fingerprint density at radius 1 is 1.00 bits per heavy atom. The van der Waals surface area contributed by atoms with Gasteiger partial charge in [0.05, 0.1) is 11.0 Å². The van der Waals surface area contributed by atoms with Gasteiger partial charge in [-0.2, -0.15) is 0 Å². The van der Waals surface area contributed by atoms with Crippen LogP contribution in [0.2, 0.25) is 0 Å². The number of H-pyrrole nitrogens is 1. The lowest BCUT2D eigenvalue weighted by Crippen LogP contribution is -2.32. The van der Waals surface area contributed by atoms with Gasteiger partial charge in [0.2, 0.25) is 0 Å². The maximum atomic E-state index is 12.8. The Morgan fingerprint density at radius 3 is 2.54 bits per heavy atom. The van der Waals surface area contributed by atoms with E-state index in [1.54, 1.807) is 6.07 Å². The zero-order valence-corrected chi connectivity index (χ0v) is 15.0. The van der Waals surface area contributed by atoms with Crippen LogP contribution in [-0.2, 0) is 0 Å². The fourth-order valence-electron chi connectivity index (χ4n) is 3.94. The van der Waals surface area contributed by atoms with Crippen LogP contribution in [0.25, 0.3) is 22.6 Å². The summed E-state index contributed by atoms with van der Waals surface area (Å²) < 4.78 is 0. The highest BCUT2D eigenvalue weighted by molar-refractivity contribution is 5.93. The number of amides is 1. The van der Waals surface area contributed by atoms with Gasteiger partial charge in [-0.15, -0.1) is 12.4 Å². The molecule has 2 atom stereocenters. The largest absolute Gasteiger partial charge is 0.337 e. The molecule has 7 heteroatoms. The van der Waals surface area contributed by atoms with Crippen molar-refractivity contribution in [2.45, 2.75) is 0 Å². The number of carbonyl (C=O) groups is 1. The van der Waals surface area contributed by atoms with E-state index < -0.39 is 0 Å². The number of hydrogen-bond acceptors (Lipinski definition) is 4. The van der Waals surface area contributed by atoms with Crippen LogP contribution in [0.5, 0.6) is 0 Å². The standard InChI is InChI=1S/C19H19N5O.ClH/c25-19(24-10-12-8-20-9-13(12)11-24)17-7-3-6-16(21-17)18-22-14-4-1-2-5-15(14)23-18;/h1-7,12-13,20H,8-11H2,(H,22,23);1H. The molecule has 6 nitrogen and oxygen atoms in total. The predicted octanol–water partition coefficient (Wildman–Crippen LogP) is 2.34. The Bertz CT molecular complexity index is 911. The van der Waals surface area contributed by atoms with Gasteiger partial charge in [0.15, 0.2) is 5.82 Å². The van der Waals surface area contributed by atoms with Gasteiger partial charge in [-0.1, -0.05) is 18.2 Å². The van der Waals surface area contributed by atoms with Crippen molar-refractivity contribution in [1.29, 1.82) is 0 Å². The van der Waals surface area contributed by atoms with E-state index >= 15 is 0 Å². The number of aromatic amines is 1. The second-order valence-corrected chi connectivity index (χ2v) is 6.90. The van der Waals surface area contributed by atoms with Crippen LogP contribution >= 0.6 is 12.4 Å². The van der Waals surface area contributed by atoms with E-state index in [2.05, 4.69) is 20.3 Å². The van der Waals surface area contributed by atoms with Crippen molar-refractivity contribution in [3.63, 3.8) is 0 Å². The maximum Gasteiger partial charge on any atom is 0.272 e. The summed E-state index contributed by atoms with van der Waals surface area (Å²) in [6.45, 7) is 3.68. The molecule has 1 amide bonds. The lowest BCUT2D eigenvalue weighted by Gasteiger charge is -2.17. The van der Waals surface area contributed by atoms with E-state index in [4.69, 9.17) is 0 Å². The molecule has 2 fully saturated rings. The number of nitrogens with zero attached hydrogens (tertiary/aromatic N) is 3. The molecule has 0 radical (unpaired) electrons. The SMILES string of the molecule is Cl.O=C(c1cccc(-c2nc3ccccc3[nH]2)n1)N1CC2CNCC2C1. The number of imidazole rings is 1. The molecule has 26 heavy (non-hydrogen) atoms. The lowest BCUT2D eigenvalue weighted by molar-refractivity contribution is 0.0776. The lowest BCUT2D eigenvalue weighted by atomic mass is 10.0. The molecule has 1 aromatic carbocycles. The number of para-hydroxylation sites is 2. The third-order valence-electron chi connectivity index (χ3n) is 5.28. The second kappa shape index (κ2) is 6.70. The fourth-order valence-corrected chi connectivity index (χ4v) is 3.94. The van der Waals surface area contributed by atoms with Crippen LogP contribution in [0.15, 0.2) is 42.5 Å². The van der Waals surface area contributed by atoms with E-state index in [0.29, 0.717) is 29.0 Å². The van der Waals surface area contributed by atoms with Crippen molar-refractivity contribution in [3.05, 3.63) is 48.2 Å². The van der Waals surface area contributed by atoms with Crippen molar-refractivity contribution < 1.29 is 4.79 Å². The number of carbonyl (C=O) groups excluding carboxylic acids is 1. The summed E-state index contributed by atoms with van der Waals surface area (Å²) in [5.41, 5.74) is 3.06. The summed E-state index contributed by atoms with van der Waals surface area (Å²) >= 11 is 0. The summed E-state index contributed by atoms with van der Waals surface area (Å²) in [5, 5.41) is 3.40. The van der Waals surface area contributed by atoms with Crippen molar-refractivity contribution in [2.75, 3.05) is 26.2 Å². The number of benzene rings is 1. The molecular formula is C19H20ClN5O. The molecule has 2 unspecified atom stereocenters. The Morgan fingerprint density at radius 2 is 1.77 bits per heavy atom. The van der Waals surface area contributed by atoms with Crippen LogP contribution in [0.3, 0.4) is 0 Å². The van der Waals surface area contributed by atoms with E-state index in [-0.39, 0.29) is 18.3 Å². The molecule has 134 valence electrons. The molecule has 3 aromatic rings. The third kappa shape index (κ3) is 2.85. The van der Waals surface area contributed by atoms with Gasteiger partial charge in [0, 0.05) is 26.2 Å². The first-order valence-corrected chi connectivity index (χ1v) is 8.70. The zero-order chi connectivity index (χ0) is 16.8. The molecule has 2 saturated heterocycles. The van der Waals surface area contributed by atoms with Gasteiger partial charge >= 0.3 is 0 Å². The van der Waals surface area contributed by atoms with Crippen molar-refractivity contribution >= 4 is 29.3 Å². The Labute approximate surface area is 157 Å². The Balaban J connectivity index is 0.00000168. The van der Waals surface area contributed by atoms with Gasteiger partial charge in [-0.05, 0) is 36.1 Å². The van der Waals surface area contributed by atoms with Gasteiger partial charge in [-0.3, -0.25) is 4.79 Å². The Hall–Kier alpha value is -2.44. The smallest absolute Gasteiger partial charge is 0.272 e. The number of rotatable bonds is 2. The van der Waals surface area contributed by atoms with E-state index in [0.717, 1.165) is 37.2 Å². The number of likely N-dealkylation sites (tertiary alicyclic amines) is 1. The molecule has 4 heterocycles. The molecule has 0 saturated carbocycles. The molecule has 0 bridgehead atoms. The van der Waals surface area contributed by atoms with Gasteiger partial charge in [-0.25, -0.2) is 9.97 Å². The summed E-state index contributed by atoms with van der Waals surface area (Å²) in [7, 11) is 0. The Kier molecular flexibility index (Phi) is 4.38. The third-order valence-corrected chi connectivity index (χ3v) is 5.28. The summed E-state index contributed by atoms with van der Waals surface area (Å²) in [4.78, 5) is 27.2. The summed E-state index contributed by atoms with van der Waals surface area (Å²) in [5.74, 6) is 1.88. The predicted molar refractivity (Wildman–Crippen MR) is 102 cm³/mol. The second-order valence-electron chi connectivity index (χ2n) is 6.90. The molecule has 5 rings (SSSR count). The number of fused-ring (bicyclic) bond motifs is 2. The minimum absolute atomic E-state index is 0. The molecule has 2 aliphatic heterocycles. The quantitative estimate of drug-likeness (QED) is 0.727. The number of pyridine rings is 1. The zero-order valence-electron chi connectivity index (χ0n) is 14.2. The van der Waals surface area contributed by atoms with Crippen LogP contribution in [0.4, 0.5) is 0 Å². The van der Waals surface area contributed by atoms with E-state index in [1.807, 2.05) is 41.3 Å². The normalized spacial score (nSPS) is 21.6. The van der Waals surface area contributed by atoms with Gasteiger partial charge in [0.1, 0.15) is 11.4 Å². The van der Waals surface area contributed by atoms with Gasteiger partial charge in [0.25, 0.3) is 5.91 Å². The number of nitrogens with one attached hydrogen (secondary N) is 2. The number of halogens is 1. The van der Waals surface area contributed by atoms with E-state index in [9.17, 15) is 4.79 Å². The summed E-state index contributed by atoms with van der Waals surface area (Å²) in [6.07, 6.45) is 0. The highest BCUT2D eigenvalue weighted by Gasteiger charge is 2.38. The van der Waals surface area contributed by atoms with Gasteiger partial charge < -0.3 is 15.2 Å². The van der Waals surface area contributed by atoms with Crippen molar-refractivity contribution in [1.82, 2.24) is 25.2 Å². The van der Waals surface area contributed by atoms with Crippen LogP contribution in [0, 0.1) is 11.8 Å². The molecule has 0 aliphatic carbocycles. The fraction of sp³-hybridized carbons (Fsp3) is 0.316. The average Bonchev–Trinajstić information content (AvgIpc) is 3.34. The minimum atomic E-state index is 0. The molecular weight excluding hydrogens is 350 g/mol. The van der Waals surface area contributed by atoms with E-state index in [1.165, 1.54) is 0 Å². The monoisotopic (exact) mass is 369 g/mol. The topological polar surface area (TPSA) is 73.9 Å². The summed E-state index contributed by atoms with van der Waals surface area (Å²) in [6, 6.07) is 13.4. The van der Waals surface area contributed by atoms with Crippen LogP contribution < -0.4 is 5.32 Å². The molecule has 2 aromatic heterocycles.